The lowest BCUT2D eigenvalue weighted by molar-refractivity contribution is -0.945. The molecule has 144 valence electrons. The van der Waals surface area contributed by atoms with Crippen LogP contribution >= 0.6 is 0 Å². The Kier molecular flexibility index (Phi) is 6.17. The molecule has 2 atom stereocenters. The Labute approximate surface area is 163 Å². The third-order valence-electron chi connectivity index (χ3n) is 5.56. The number of nitrogens with zero attached hydrogens (tertiary/aromatic N) is 1. The Bertz CT molecular complexity index is 767. The molecule has 4 nitrogen and oxygen atoms in total. The van der Waals surface area contributed by atoms with Crippen LogP contribution in [0.4, 0.5) is 5.69 Å². The summed E-state index contributed by atoms with van der Waals surface area (Å²) in [4.78, 5) is 15.8. The van der Waals surface area contributed by atoms with E-state index in [0.717, 1.165) is 19.5 Å². The highest BCUT2D eigenvalue weighted by Crippen LogP contribution is 2.18. The number of fused-ring (bicyclic) bond motifs is 1. The van der Waals surface area contributed by atoms with E-state index >= 15 is 0 Å². The molecule has 3 rings (SSSR count). The Morgan fingerprint density at radius 3 is 2.37 bits per heavy atom. The molecule has 1 heterocycles. The summed E-state index contributed by atoms with van der Waals surface area (Å²) in [6, 6.07) is 17.8. The maximum Gasteiger partial charge on any atom is 0.222 e. The highest BCUT2D eigenvalue weighted by molar-refractivity contribution is 5.77. The van der Waals surface area contributed by atoms with Crippen LogP contribution in [0.5, 0.6) is 0 Å². The Morgan fingerprint density at radius 1 is 1.07 bits per heavy atom. The maximum absolute atomic E-state index is 12.2. The van der Waals surface area contributed by atoms with Gasteiger partial charge in [-0.05, 0) is 17.7 Å². The Balaban J connectivity index is 1.82. The summed E-state index contributed by atoms with van der Waals surface area (Å²) in [5.41, 5.74) is 5.39. The van der Waals surface area contributed by atoms with Gasteiger partial charge in [-0.2, -0.15) is 0 Å². The highest BCUT2D eigenvalue weighted by atomic mass is 16.1. The molecule has 0 radical (unpaired) electrons. The maximum atomic E-state index is 12.2. The van der Waals surface area contributed by atoms with Gasteiger partial charge >= 0.3 is 0 Å². The van der Waals surface area contributed by atoms with E-state index in [-0.39, 0.29) is 17.9 Å². The van der Waals surface area contributed by atoms with Crippen molar-refractivity contribution in [3.05, 3.63) is 65.2 Å². The van der Waals surface area contributed by atoms with E-state index in [1.165, 1.54) is 27.3 Å². The van der Waals surface area contributed by atoms with Gasteiger partial charge in [0, 0.05) is 43.2 Å². The van der Waals surface area contributed by atoms with E-state index in [0.29, 0.717) is 6.54 Å². The molecule has 4 heteroatoms. The van der Waals surface area contributed by atoms with E-state index in [1.807, 2.05) is 13.8 Å². The van der Waals surface area contributed by atoms with Crippen LogP contribution in [0.2, 0.25) is 0 Å². The fourth-order valence-corrected chi connectivity index (χ4v) is 3.81. The summed E-state index contributed by atoms with van der Waals surface area (Å²) in [6.07, 6.45) is 1.09. The third-order valence-corrected chi connectivity index (χ3v) is 5.56. The predicted octanol–water partition coefficient (Wildman–Crippen LogP) is 2.21. The van der Waals surface area contributed by atoms with Crippen molar-refractivity contribution < 1.29 is 9.69 Å². The molecule has 0 saturated carbocycles. The van der Waals surface area contributed by atoms with Crippen LogP contribution in [0.3, 0.4) is 0 Å². The molecule has 1 aliphatic rings. The zero-order chi connectivity index (χ0) is 19.4. The molecule has 0 saturated heterocycles. The largest absolute Gasteiger partial charge is 0.378 e. The summed E-state index contributed by atoms with van der Waals surface area (Å²) >= 11 is 0. The van der Waals surface area contributed by atoms with Gasteiger partial charge in [-0.15, -0.1) is 0 Å². The van der Waals surface area contributed by atoms with Crippen molar-refractivity contribution in [1.82, 2.24) is 5.32 Å². The first-order valence-corrected chi connectivity index (χ1v) is 9.92. The summed E-state index contributed by atoms with van der Waals surface area (Å²) < 4.78 is 0. The SMILES string of the molecule is CC(C)C(=O)NC[C@@H](c1ccc(N(C)C)cc1)[NH+]1CCc2ccccc2C1. The Morgan fingerprint density at radius 2 is 1.74 bits per heavy atom. The van der Waals surface area contributed by atoms with E-state index in [9.17, 15) is 4.79 Å². The normalized spacial score (nSPS) is 17.3. The quantitative estimate of drug-likeness (QED) is 0.822. The molecular formula is C23H32N3O+. The number of hydrogen-bond acceptors (Lipinski definition) is 2. The number of rotatable bonds is 6. The molecule has 0 aromatic heterocycles. The van der Waals surface area contributed by atoms with E-state index in [1.54, 1.807) is 0 Å². The molecular weight excluding hydrogens is 334 g/mol. The zero-order valence-corrected chi connectivity index (χ0v) is 17.0. The molecule has 2 aromatic rings. The lowest BCUT2D eigenvalue weighted by atomic mass is 9.96. The van der Waals surface area contributed by atoms with Gasteiger partial charge < -0.3 is 15.1 Å². The van der Waals surface area contributed by atoms with Crippen molar-refractivity contribution in [3.63, 3.8) is 0 Å². The van der Waals surface area contributed by atoms with Gasteiger partial charge in [0.25, 0.3) is 0 Å². The van der Waals surface area contributed by atoms with Crippen molar-refractivity contribution in [1.29, 1.82) is 0 Å². The van der Waals surface area contributed by atoms with Crippen molar-refractivity contribution in [3.8, 4) is 0 Å². The first kappa shape index (κ1) is 19.4. The van der Waals surface area contributed by atoms with Gasteiger partial charge in [0.15, 0.2) is 0 Å². The second-order valence-electron chi connectivity index (χ2n) is 8.04. The van der Waals surface area contributed by atoms with Crippen molar-refractivity contribution in [2.45, 2.75) is 32.9 Å². The topological polar surface area (TPSA) is 36.8 Å². The summed E-state index contributed by atoms with van der Waals surface area (Å²) in [6.45, 7) is 6.67. The van der Waals surface area contributed by atoms with Crippen LogP contribution in [-0.2, 0) is 17.8 Å². The minimum absolute atomic E-state index is 0.0128. The zero-order valence-electron chi connectivity index (χ0n) is 17.0. The van der Waals surface area contributed by atoms with Gasteiger partial charge in [0.1, 0.15) is 12.6 Å². The molecule has 1 unspecified atom stereocenters. The summed E-state index contributed by atoms with van der Waals surface area (Å²) in [5, 5.41) is 3.17. The average Bonchev–Trinajstić information content (AvgIpc) is 2.68. The molecule has 0 bridgehead atoms. The first-order chi connectivity index (χ1) is 13.0. The van der Waals surface area contributed by atoms with Crippen LogP contribution in [-0.4, -0.2) is 33.1 Å². The monoisotopic (exact) mass is 366 g/mol. The number of nitrogens with one attached hydrogen (secondary N) is 2. The number of carbonyl (C=O) groups excluding carboxylic acids is 1. The smallest absolute Gasteiger partial charge is 0.222 e. The van der Waals surface area contributed by atoms with Crippen LogP contribution in [0.25, 0.3) is 0 Å². The summed E-state index contributed by atoms with van der Waals surface area (Å²) in [7, 11) is 4.12. The first-order valence-electron chi connectivity index (χ1n) is 9.92. The minimum Gasteiger partial charge on any atom is -0.378 e. The fraction of sp³-hybridized carbons (Fsp3) is 0.435. The lowest BCUT2D eigenvalue weighted by Crippen LogP contribution is -3.12. The molecule has 2 aromatic carbocycles. The third kappa shape index (κ3) is 4.69. The fourth-order valence-electron chi connectivity index (χ4n) is 3.81. The van der Waals surface area contributed by atoms with E-state index < -0.39 is 0 Å². The standard InChI is InChI=1S/C23H31N3O/c1-17(2)23(27)24-15-22(19-9-11-21(12-10-19)25(3)4)26-14-13-18-7-5-6-8-20(18)16-26/h5-12,17,22H,13-16H2,1-4H3,(H,24,27)/p+1/t22-/m0/s1. The molecule has 1 aliphatic heterocycles. The second kappa shape index (κ2) is 8.57. The van der Waals surface area contributed by atoms with Gasteiger partial charge in [-0.3, -0.25) is 4.79 Å². The number of quaternary nitrogens is 1. The van der Waals surface area contributed by atoms with Gasteiger partial charge in [0.2, 0.25) is 5.91 Å². The molecule has 0 spiro atoms. The number of hydrogen-bond donors (Lipinski definition) is 2. The molecule has 27 heavy (non-hydrogen) atoms. The van der Waals surface area contributed by atoms with Gasteiger partial charge in [-0.1, -0.05) is 50.2 Å². The van der Waals surface area contributed by atoms with Gasteiger partial charge in [0.05, 0.1) is 13.1 Å². The minimum atomic E-state index is 0.0128. The van der Waals surface area contributed by atoms with Crippen molar-refractivity contribution in [2.75, 3.05) is 32.1 Å². The number of carbonyl (C=O) groups is 1. The van der Waals surface area contributed by atoms with E-state index in [2.05, 4.69) is 72.8 Å². The van der Waals surface area contributed by atoms with Crippen molar-refractivity contribution >= 4 is 11.6 Å². The molecule has 0 aliphatic carbocycles. The molecule has 1 amide bonds. The average molecular weight is 367 g/mol. The molecule has 2 N–H and O–H groups in total. The second-order valence-corrected chi connectivity index (χ2v) is 8.04. The van der Waals surface area contributed by atoms with E-state index in [4.69, 9.17) is 0 Å². The summed E-state index contributed by atoms with van der Waals surface area (Å²) in [5.74, 6) is 0.139. The van der Waals surface area contributed by atoms with Crippen LogP contribution < -0.4 is 15.1 Å². The highest BCUT2D eigenvalue weighted by Gasteiger charge is 2.29. The lowest BCUT2D eigenvalue weighted by Gasteiger charge is -2.33. The van der Waals surface area contributed by atoms with Crippen LogP contribution in [0.15, 0.2) is 48.5 Å². The van der Waals surface area contributed by atoms with Gasteiger partial charge in [-0.25, -0.2) is 0 Å². The number of anilines is 1. The Hall–Kier alpha value is -2.33. The molecule has 0 fully saturated rings. The number of benzene rings is 2. The van der Waals surface area contributed by atoms with Crippen LogP contribution in [0, 0.1) is 5.92 Å². The van der Waals surface area contributed by atoms with Crippen LogP contribution in [0.1, 0.15) is 36.6 Å². The predicted molar refractivity (Wildman–Crippen MR) is 111 cm³/mol. The van der Waals surface area contributed by atoms with Crippen molar-refractivity contribution in [2.24, 2.45) is 5.92 Å². The number of amides is 1.